The molecular formula is C13H11Br2ClN2O2. The van der Waals surface area contributed by atoms with Gasteiger partial charge in [-0.3, -0.25) is 9.48 Å². The summed E-state index contributed by atoms with van der Waals surface area (Å²) in [5.41, 5.74) is 0.892. The number of nitrogens with zero attached hydrogens (tertiary/aromatic N) is 2. The minimum absolute atomic E-state index is 0.184. The fourth-order valence-corrected chi connectivity index (χ4v) is 2.75. The van der Waals surface area contributed by atoms with E-state index in [2.05, 4.69) is 37.0 Å². The molecule has 0 radical (unpaired) electrons. The minimum atomic E-state index is -0.184. The van der Waals surface area contributed by atoms with Crippen molar-refractivity contribution in [3.63, 3.8) is 0 Å². The third-order valence-corrected chi connectivity index (χ3v) is 4.15. The maximum absolute atomic E-state index is 12.6. The van der Waals surface area contributed by atoms with Crippen molar-refractivity contribution in [2.75, 3.05) is 13.7 Å². The Morgan fingerprint density at radius 3 is 2.90 bits per heavy atom. The van der Waals surface area contributed by atoms with E-state index in [1.165, 1.54) is 6.20 Å². The van der Waals surface area contributed by atoms with Gasteiger partial charge in [0.05, 0.1) is 24.4 Å². The smallest absolute Gasteiger partial charge is 0.213 e. The van der Waals surface area contributed by atoms with Crippen molar-refractivity contribution in [3.05, 3.63) is 49.6 Å². The maximum atomic E-state index is 12.6. The summed E-state index contributed by atoms with van der Waals surface area (Å²) in [6.07, 6.45) is 1.47. The average Bonchev–Trinajstić information content (AvgIpc) is 2.79. The highest BCUT2D eigenvalue weighted by Gasteiger charge is 2.21. The van der Waals surface area contributed by atoms with Crippen LogP contribution in [0, 0.1) is 0 Å². The van der Waals surface area contributed by atoms with E-state index < -0.39 is 0 Å². The van der Waals surface area contributed by atoms with E-state index >= 15 is 0 Å². The number of carbonyl (C=O) groups is 1. The number of rotatable bonds is 5. The first-order chi connectivity index (χ1) is 9.54. The highest BCUT2D eigenvalue weighted by molar-refractivity contribution is 9.11. The molecular weight excluding hydrogens is 411 g/mol. The fourth-order valence-electron chi connectivity index (χ4n) is 1.73. The van der Waals surface area contributed by atoms with E-state index in [0.717, 1.165) is 4.47 Å². The zero-order valence-electron chi connectivity index (χ0n) is 10.6. The average molecular weight is 423 g/mol. The molecule has 0 aliphatic carbocycles. The largest absolute Gasteiger partial charge is 0.383 e. The number of halogens is 3. The van der Waals surface area contributed by atoms with Gasteiger partial charge in [-0.2, -0.15) is 5.10 Å². The molecule has 0 saturated heterocycles. The number of benzene rings is 1. The number of ketones is 1. The lowest BCUT2D eigenvalue weighted by molar-refractivity contribution is 0.102. The quantitative estimate of drug-likeness (QED) is 0.686. The minimum Gasteiger partial charge on any atom is -0.383 e. The first kappa shape index (κ1) is 15.7. The molecule has 0 spiro atoms. The zero-order valence-corrected chi connectivity index (χ0v) is 14.5. The molecule has 1 aromatic heterocycles. The molecule has 0 saturated carbocycles. The first-order valence-corrected chi connectivity index (χ1v) is 7.71. The van der Waals surface area contributed by atoms with Gasteiger partial charge in [-0.15, -0.1) is 0 Å². The molecule has 7 heteroatoms. The third kappa shape index (κ3) is 3.31. The summed E-state index contributed by atoms with van der Waals surface area (Å²) in [6, 6.07) is 5.40. The van der Waals surface area contributed by atoms with Crippen molar-refractivity contribution in [2.24, 2.45) is 0 Å². The highest BCUT2D eigenvalue weighted by atomic mass is 79.9. The summed E-state index contributed by atoms with van der Waals surface area (Å²) in [5.74, 6) is -0.184. The second kappa shape index (κ2) is 6.85. The Morgan fingerprint density at radius 2 is 2.20 bits per heavy atom. The van der Waals surface area contributed by atoms with Gasteiger partial charge in [0, 0.05) is 21.6 Å². The summed E-state index contributed by atoms with van der Waals surface area (Å²) < 4.78 is 8.10. The standard InChI is InChI=1S/C13H11Br2ClN2O2/c1-20-5-4-18-12(11(16)7-17-18)13(19)9-6-8(14)2-3-10(9)15/h2-3,6-7H,4-5H2,1H3. The normalized spacial score (nSPS) is 10.8. The monoisotopic (exact) mass is 420 g/mol. The lowest BCUT2D eigenvalue weighted by atomic mass is 10.1. The van der Waals surface area contributed by atoms with E-state index in [4.69, 9.17) is 16.3 Å². The molecule has 1 heterocycles. The molecule has 2 rings (SSSR count). The van der Waals surface area contributed by atoms with Gasteiger partial charge in [0.2, 0.25) is 5.78 Å². The number of hydrogen-bond acceptors (Lipinski definition) is 3. The van der Waals surface area contributed by atoms with Crippen LogP contribution in [0.25, 0.3) is 0 Å². The number of hydrogen-bond donors (Lipinski definition) is 0. The Kier molecular flexibility index (Phi) is 5.37. The maximum Gasteiger partial charge on any atom is 0.213 e. The van der Waals surface area contributed by atoms with Crippen LogP contribution in [0.5, 0.6) is 0 Å². The van der Waals surface area contributed by atoms with Crippen LogP contribution in [0.15, 0.2) is 33.3 Å². The summed E-state index contributed by atoms with van der Waals surface area (Å²) >= 11 is 12.8. The molecule has 0 aliphatic rings. The Balaban J connectivity index is 2.42. The predicted octanol–water partition coefficient (Wildman–Crippen LogP) is 3.94. The van der Waals surface area contributed by atoms with Gasteiger partial charge in [-0.1, -0.05) is 43.5 Å². The van der Waals surface area contributed by atoms with Crippen LogP contribution in [0.3, 0.4) is 0 Å². The number of carbonyl (C=O) groups excluding carboxylic acids is 1. The summed E-state index contributed by atoms with van der Waals surface area (Å²) in [5, 5.41) is 4.44. The van der Waals surface area contributed by atoms with Crippen LogP contribution in [-0.2, 0) is 11.3 Å². The lowest BCUT2D eigenvalue weighted by Gasteiger charge is -2.08. The Morgan fingerprint density at radius 1 is 1.45 bits per heavy atom. The van der Waals surface area contributed by atoms with Gasteiger partial charge in [-0.25, -0.2) is 0 Å². The molecule has 0 atom stereocenters. The van der Waals surface area contributed by atoms with Crippen molar-refractivity contribution in [1.82, 2.24) is 9.78 Å². The zero-order chi connectivity index (χ0) is 14.7. The van der Waals surface area contributed by atoms with Crippen molar-refractivity contribution in [2.45, 2.75) is 6.54 Å². The predicted molar refractivity (Wildman–Crippen MR) is 84.4 cm³/mol. The Labute approximate surface area is 138 Å². The van der Waals surface area contributed by atoms with Crippen LogP contribution in [0.2, 0.25) is 5.02 Å². The van der Waals surface area contributed by atoms with E-state index in [1.54, 1.807) is 23.9 Å². The molecule has 0 fully saturated rings. The van der Waals surface area contributed by atoms with Crippen molar-refractivity contribution < 1.29 is 9.53 Å². The Hall–Kier alpha value is -0.690. The van der Waals surface area contributed by atoms with Gasteiger partial charge in [0.15, 0.2) is 0 Å². The second-order valence-corrected chi connectivity index (χ2v) is 6.19. The molecule has 20 heavy (non-hydrogen) atoms. The van der Waals surface area contributed by atoms with E-state index in [-0.39, 0.29) is 5.78 Å². The van der Waals surface area contributed by atoms with Gasteiger partial charge in [0.25, 0.3) is 0 Å². The van der Waals surface area contributed by atoms with Gasteiger partial charge < -0.3 is 4.74 Å². The van der Waals surface area contributed by atoms with Crippen LogP contribution in [0.4, 0.5) is 0 Å². The fraction of sp³-hybridized carbons (Fsp3) is 0.231. The van der Waals surface area contributed by atoms with Gasteiger partial charge in [0.1, 0.15) is 5.69 Å². The molecule has 0 bridgehead atoms. The molecule has 0 N–H and O–H groups in total. The third-order valence-electron chi connectivity index (χ3n) is 2.69. The van der Waals surface area contributed by atoms with Gasteiger partial charge >= 0.3 is 0 Å². The number of aromatic nitrogens is 2. The van der Waals surface area contributed by atoms with Crippen molar-refractivity contribution >= 4 is 49.2 Å². The van der Waals surface area contributed by atoms with Crippen LogP contribution in [0.1, 0.15) is 16.1 Å². The summed E-state index contributed by atoms with van der Waals surface area (Å²) in [4.78, 5) is 12.6. The van der Waals surface area contributed by atoms with E-state index in [0.29, 0.717) is 33.9 Å². The lowest BCUT2D eigenvalue weighted by Crippen LogP contribution is -2.15. The number of ether oxygens (including phenoxy) is 1. The van der Waals surface area contributed by atoms with Gasteiger partial charge in [-0.05, 0) is 18.2 Å². The molecule has 0 unspecified atom stereocenters. The second-order valence-electron chi connectivity index (χ2n) is 4.01. The van der Waals surface area contributed by atoms with Crippen molar-refractivity contribution in [3.8, 4) is 0 Å². The molecule has 4 nitrogen and oxygen atoms in total. The first-order valence-electron chi connectivity index (χ1n) is 5.74. The van der Waals surface area contributed by atoms with Crippen LogP contribution >= 0.6 is 43.5 Å². The summed E-state index contributed by atoms with van der Waals surface area (Å²) in [7, 11) is 1.59. The van der Waals surface area contributed by atoms with Crippen LogP contribution in [-0.4, -0.2) is 29.3 Å². The van der Waals surface area contributed by atoms with E-state index in [1.807, 2.05) is 6.07 Å². The molecule has 0 amide bonds. The molecule has 1 aromatic carbocycles. The Bertz CT molecular complexity index is 643. The highest BCUT2D eigenvalue weighted by Crippen LogP contribution is 2.26. The van der Waals surface area contributed by atoms with Crippen molar-refractivity contribution in [1.29, 1.82) is 0 Å². The summed E-state index contributed by atoms with van der Waals surface area (Å²) in [6.45, 7) is 0.924. The van der Waals surface area contributed by atoms with E-state index in [9.17, 15) is 4.79 Å². The topological polar surface area (TPSA) is 44.1 Å². The molecule has 0 aliphatic heterocycles. The molecule has 2 aromatic rings. The SMILES string of the molecule is COCCn1ncc(Cl)c1C(=O)c1cc(Br)ccc1Br. The molecule has 106 valence electrons. The van der Waals surface area contributed by atoms with Crippen LogP contribution < -0.4 is 0 Å². The number of methoxy groups -OCH3 is 1.